The Labute approximate surface area is 100 Å². The summed E-state index contributed by atoms with van der Waals surface area (Å²) in [7, 11) is 1.39. The van der Waals surface area contributed by atoms with Gasteiger partial charge in [-0.25, -0.2) is 0 Å². The van der Waals surface area contributed by atoms with Crippen molar-refractivity contribution in [2.24, 2.45) is 5.92 Å². The van der Waals surface area contributed by atoms with Crippen LogP contribution in [0.4, 0.5) is 5.69 Å². The van der Waals surface area contributed by atoms with Gasteiger partial charge < -0.3 is 9.84 Å². The third-order valence-electron chi connectivity index (χ3n) is 2.66. The molecule has 1 aromatic carbocycles. The van der Waals surface area contributed by atoms with E-state index in [1.165, 1.54) is 13.2 Å². The molecule has 1 unspecified atom stereocenters. The third kappa shape index (κ3) is 3.42. The molecule has 1 aromatic rings. The zero-order valence-electron chi connectivity index (χ0n) is 10.2. The number of ether oxygens (including phenoxy) is 1. The Hall–Kier alpha value is -1.62. The molecule has 0 aliphatic carbocycles. The minimum atomic E-state index is -0.485. The van der Waals surface area contributed by atoms with Gasteiger partial charge in [-0.3, -0.25) is 10.1 Å². The highest BCUT2D eigenvalue weighted by Gasteiger charge is 2.16. The molecule has 1 atom stereocenters. The molecular formula is C12H17NO4. The minimum absolute atomic E-state index is 0.0599. The number of nitro benzene ring substituents is 1. The van der Waals surface area contributed by atoms with E-state index in [4.69, 9.17) is 4.74 Å². The van der Waals surface area contributed by atoms with Gasteiger partial charge in [0.15, 0.2) is 5.75 Å². The number of hydrogen-bond donors (Lipinski definition) is 1. The van der Waals surface area contributed by atoms with Gasteiger partial charge >= 0.3 is 5.69 Å². The second-order valence-electron chi connectivity index (χ2n) is 4.28. The number of benzene rings is 1. The average molecular weight is 239 g/mol. The van der Waals surface area contributed by atoms with Crippen LogP contribution in [-0.4, -0.2) is 23.2 Å². The lowest BCUT2D eigenvalue weighted by molar-refractivity contribution is -0.385. The van der Waals surface area contributed by atoms with Crippen molar-refractivity contribution in [3.8, 4) is 5.75 Å². The van der Waals surface area contributed by atoms with Crippen molar-refractivity contribution in [2.75, 3.05) is 7.11 Å². The Balaban J connectivity index is 2.94. The summed E-state index contributed by atoms with van der Waals surface area (Å²) in [5.41, 5.74) is 0.768. The first kappa shape index (κ1) is 13.4. The molecule has 94 valence electrons. The van der Waals surface area contributed by atoms with Crippen LogP contribution in [0, 0.1) is 16.0 Å². The molecule has 0 saturated carbocycles. The van der Waals surface area contributed by atoms with Gasteiger partial charge in [-0.2, -0.15) is 0 Å². The van der Waals surface area contributed by atoms with Crippen LogP contribution in [0.25, 0.3) is 0 Å². The van der Waals surface area contributed by atoms with Gasteiger partial charge in [0.2, 0.25) is 0 Å². The van der Waals surface area contributed by atoms with Crippen LogP contribution in [0.15, 0.2) is 18.2 Å². The third-order valence-corrected chi connectivity index (χ3v) is 2.66. The molecular weight excluding hydrogens is 222 g/mol. The molecule has 5 nitrogen and oxygen atoms in total. The number of nitrogens with zero attached hydrogens (tertiary/aromatic N) is 1. The lowest BCUT2D eigenvalue weighted by atomic mass is 9.99. The molecule has 5 heteroatoms. The Morgan fingerprint density at radius 2 is 2.12 bits per heavy atom. The summed E-state index contributed by atoms with van der Waals surface area (Å²) in [5.74, 6) is 0.375. The number of aliphatic hydroxyl groups excluding tert-OH is 1. The molecule has 0 heterocycles. The molecule has 0 bridgehead atoms. The number of rotatable bonds is 5. The highest BCUT2D eigenvalue weighted by atomic mass is 16.6. The fourth-order valence-electron chi connectivity index (χ4n) is 1.48. The molecule has 0 radical (unpaired) electrons. The second-order valence-corrected chi connectivity index (χ2v) is 4.28. The predicted octanol–water partition coefficient (Wildman–Crippen LogP) is 2.16. The van der Waals surface area contributed by atoms with Crippen LogP contribution >= 0.6 is 0 Å². The SMILES string of the molecule is COc1cc(CC(O)C(C)C)ccc1[N+](=O)[O-]. The Kier molecular flexibility index (Phi) is 4.45. The van der Waals surface area contributed by atoms with E-state index in [0.717, 1.165) is 5.56 Å². The monoisotopic (exact) mass is 239 g/mol. The first-order valence-corrected chi connectivity index (χ1v) is 5.45. The summed E-state index contributed by atoms with van der Waals surface area (Å²) in [5, 5.41) is 20.4. The van der Waals surface area contributed by atoms with E-state index in [1.54, 1.807) is 12.1 Å². The molecule has 17 heavy (non-hydrogen) atoms. The number of methoxy groups -OCH3 is 1. The van der Waals surface area contributed by atoms with Crippen molar-refractivity contribution >= 4 is 5.69 Å². The number of aliphatic hydroxyl groups is 1. The average Bonchev–Trinajstić information content (AvgIpc) is 2.28. The molecule has 0 saturated heterocycles. The smallest absolute Gasteiger partial charge is 0.310 e. The minimum Gasteiger partial charge on any atom is -0.490 e. The van der Waals surface area contributed by atoms with Gasteiger partial charge in [0.25, 0.3) is 0 Å². The predicted molar refractivity (Wildman–Crippen MR) is 64.2 cm³/mol. The Bertz CT molecular complexity index is 403. The van der Waals surface area contributed by atoms with Crippen molar-refractivity contribution in [3.05, 3.63) is 33.9 Å². The molecule has 0 aromatic heterocycles. The summed E-state index contributed by atoms with van der Waals surface area (Å²) in [6.45, 7) is 3.85. The van der Waals surface area contributed by atoms with Crippen molar-refractivity contribution in [3.63, 3.8) is 0 Å². The first-order chi connectivity index (χ1) is 7.95. The molecule has 1 N–H and O–H groups in total. The van der Waals surface area contributed by atoms with Gasteiger partial charge in [0.1, 0.15) is 0 Å². The van der Waals surface area contributed by atoms with Gasteiger partial charge in [-0.05, 0) is 24.0 Å². The van der Waals surface area contributed by atoms with Crippen LogP contribution in [0.1, 0.15) is 19.4 Å². The Morgan fingerprint density at radius 1 is 1.47 bits per heavy atom. The molecule has 0 aliphatic heterocycles. The van der Waals surface area contributed by atoms with Crippen molar-refractivity contribution in [1.29, 1.82) is 0 Å². The van der Waals surface area contributed by atoms with Gasteiger partial charge in [0.05, 0.1) is 18.1 Å². The van der Waals surface area contributed by atoms with Crippen LogP contribution in [0.5, 0.6) is 5.75 Å². The number of hydrogen-bond acceptors (Lipinski definition) is 4. The molecule has 1 rings (SSSR count). The van der Waals surface area contributed by atoms with Gasteiger partial charge in [-0.1, -0.05) is 19.9 Å². The lowest BCUT2D eigenvalue weighted by Crippen LogP contribution is -2.17. The summed E-state index contributed by atoms with van der Waals surface area (Å²) in [6.07, 6.45) is 0.00705. The normalized spacial score (nSPS) is 12.5. The van der Waals surface area contributed by atoms with Crippen LogP contribution in [-0.2, 0) is 6.42 Å². The second kappa shape index (κ2) is 5.63. The lowest BCUT2D eigenvalue weighted by Gasteiger charge is -2.14. The zero-order valence-corrected chi connectivity index (χ0v) is 10.2. The maximum Gasteiger partial charge on any atom is 0.310 e. The van der Waals surface area contributed by atoms with Gasteiger partial charge in [0, 0.05) is 6.07 Å². The number of nitro groups is 1. The molecule has 0 aliphatic rings. The molecule has 0 fully saturated rings. The van der Waals surface area contributed by atoms with Crippen LogP contribution < -0.4 is 4.74 Å². The van der Waals surface area contributed by atoms with Crippen molar-refractivity contribution in [1.82, 2.24) is 0 Å². The Morgan fingerprint density at radius 3 is 2.59 bits per heavy atom. The van der Waals surface area contributed by atoms with Crippen molar-refractivity contribution < 1.29 is 14.8 Å². The van der Waals surface area contributed by atoms with E-state index in [1.807, 2.05) is 13.8 Å². The van der Waals surface area contributed by atoms with E-state index in [9.17, 15) is 15.2 Å². The fraction of sp³-hybridized carbons (Fsp3) is 0.500. The molecule has 0 amide bonds. The van der Waals surface area contributed by atoms with Crippen LogP contribution in [0.3, 0.4) is 0 Å². The van der Waals surface area contributed by atoms with E-state index in [-0.39, 0.29) is 17.4 Å². The van der Waals surface area contributed by atoms with E-state index >= 15 is 0 Å². The van der Waals surface area contributed by atoms with E-state index < -0.39 is 11.0 Å². The zero-order chi connectivity index (χ0) is 13.0. The maximum atomic E-state index is 10.7. The van der Waals surface area contributed by atoms with Gasteiger partial charge in [-0.15, -0.1) is 0 Å². The maximum absolute atomic E-state index is 10.7. The summed E-state index contributed by atoms with van der Waals surface area (Å²) in [6, 6.07) is 4.65. The fourth-order valence-corrected chi connectivity index (χ4v) is 1.48. The summed E-state index contributed by atoms with van der Waals surface area (Å²) < 4.78 is 4.97. The highest BCUT2D eigenvalue weighted by molar-refractivity contribution is 5.48. The van der Waals surface area contributed by atoms with E-state index in [2.05, 4.69) is 0 Å². The van der Waals surface area contributed by atoms with Crippen molar-refractivity contribution in [2.45, 2.75) is 26.4 Å². The van der Waals surface area contributed by atoms with E-state index in [0.29, 0.717) is 6.42 Å². The molecule has 0 spiro atoms. The topological polar surface area (TPSA) is 72.6 Å². The van der Waals surface area contributed by atoms with Crippen LogP contribution in [0.2, 0.25) is 0 Å². The standard InChI is InChI=1S/C12H17NO4/c1-8(2)11(14)6-9-4-5-10(13(15)16)12(7-9)17-3/h4-5,7-8,11,14H,6H2,1-3H3. The quantitative estimate of drug-likeness (QED) is 0.631. The summed E-state index contributed by atoms with van der Waals surface area (Å²) in [4.78, 5) is 10.2. The summed E-state index contributed by atoms with van der Waals surface area (Å²) >= 11 is 0. The highest BCUT2D eigenvalue weighted by Crippen LogP contribution is 2.28. The first-order valence-electron chi connectivity index (χ1n) is 5.45. The largest absolute Gasteiger partial charge is 0.490 e.